The molecule has 0 unspecified atom stereocenters. The number of ether oxygens (including phenoxy) is 3. The fourth-order valence-corrected chi connectivity index (χ4v) is 3.21. The minimum atomic E-state index is -0.923. The number of benzene rings is 2. The first-order chi connectivity index (χ1) is 13.9. The van der Waals surface area contributed by atoms with E-state index >= 15 is 0 Å². The third-order valence-electron chi connectivity index (χ3n) is 3.99. The summed E-state index contributed by atoms with van der Waals surface area (Å²) in [5, 5.41) is 13.0. The van der Waals surface area contributed by atoms with Gasteiger partial charge in [-0.2, -0.15) is 12.6 Å². The monoisotopic (exact) mass is 531 g/mol. The number of nitrogens with one attached hydrogen (secondary N) is 1. The Labute approximate surface area is 188 Å². The van der Waals surface area contributed by atoms with Gasteiger partial charge in [-0.05, 0) is 52.9 Å². The van der Waals surface area contributed by atoms with Gasteiger partial charge in [0, 0.05) is 28.4 Å². The molecule has 0 spiro atoms. The number of thiol groups is 1. The SMILES string of the molecule is CO[C@@H](CCOC(=O)CS)[C@@H](OC(=O)Nc1ccccc1)c1cc(I)ccc1O. The summed E-state index contributed by atoms with van der Waals surface area (Å²) in [4.78, 5) is 23.8. The fourth-order valence-electron chi connectivity index (χ4n) is 2.60. The summed E-state index contributed by atoms with van der Waals surface area (Å²) in [6.07, 6.45) is -2.03. The molecule has 7 nitrogen and oxygen atoms in total. The van der Waals surface area contributed by atoms with Gasteiger partial charge in [-0.25, -0.2) is 4.79 Å². The number of amides is 1. The van der Waals surface area contributed by atoms with Gasteiger partial charge < -0.3 is 19.3 Å². The third kappa shape index (κ3) is 7.41. The molecule has 0 fully saturated rings. The highest BCUT2D eigenvalue weighted by atomic mass is 127. The quantitative estimate of drug-likeness (QED) is 0.256. The van der Waals surface area contributed by atoms with Gasteiger partial charge in [-0.15, -0.1) is 0 Å². The molecule has 1 amide bonds. The molecule has 0 saturated carbocycles. The second-order valence-electron chi connectivity index (χ2n) is 5.96. The fraction of sp³-hybridized carbons (Fsp3) is 0.300. The van der Waals surface area contributed by atoms with Crippen LogP contribution >= 0.6 is 35.2 Å². The van der Waals surface area contributed by atoms with E-state index < -0.39 is 24.3 Å². The van der Waals surface area contributed by atoms with Crippen molar-refractivity contribution in [1.29, 1.82) is 0 Å². The predicted octanol–water partition coefficient (Wildman–Crippen LogP) is 4.16. The van der Waals surface area contributed by atoms with Crippen LogP contribution in [0.3, 0.4) is 0 Å². The van der Waals surface area contributed by atoms with Crippen LogP contribution in [0, 0.1) is 3.57 Å². The summed E-state index contributed by atoms with van der Waals surface area (Å²) in [7, 11) is 1.46. The number of halogens is 1. The molecule has 0 aliphatic heterocycles. The van der Waals surface area contributed by atoms with E-state index in [2.05, 4.69) is 40.5 Å². The van der Waals surface area contributed by atoms with Crippen molar-refractivity contribution in [2.75, 3.05) is 24.8 Å². The van der Waals surface area contributed by atoms with Gasteiger partial charge in [0.25, 0.3) is 0 Å². The number of phenolic OH excluding ortho intramolecular Hbond substituents is 1. The molecule has 2 N–H and O–H groups in total. The van der Waals surface area contributed by atoms with Gasteiger partial charge in [0.15, 0.2) is 6.10 Å². The highest BCUT2D eigenvalue weighted by Gasteiger charge is 2.30. The summed E-state index contributed by atoms with van der Waals surface area (Å²) in [6.45, 7) is 0.0583. The van der Waals surface area contributed by atoms with Crippen molar-refractivity contribution in [1.82, 2.24) is 0 Å². The second-order valence-corrected chi connectivity index (χ2v) is 7.52. The predicted molar refractivity (Wildman–Crippen MR) is 120 cm³/mol. The molecule has 9 heteroatoms. The summed E-state index contributed by atoms with van der Waals surface area (Å²) in [5.74, 6) is -0.522. The Kier molecular flexibility index (Phi) is 9.55. The molecule has 2 aromatic carbocycles. The van der Waals surface area contributed by atoms with E-state index in [1.54, 1.807) is 36.4 Å². The molecule has 0 bridgehead atoms. The molecule has 2 atom stereocenters. The normalized spacial score (nSPS) is 12.7. The van der Waals surface area contributed by atoms with Crippen molar-refractivity contribution in [2.45, 2.75) is 18.6 Å². The molecule has 0 heterocycles. The first-order valence-corrected chi connectivity index (χ1v) is 10.5. The first-order valence-electron chi connectivity index (χ1n) is 8.75. The number of carbonyl (C=O) groups excluding carboxylic acids is 2. The highest BCUT2D eigenvalue weighted by molar-refractivity contribution is 14.1. The first kappa shape index (κ1) is 23.3. The number of esters is 1. The van der Waals surface area contributed by atoms with Crippen LogP contribution in [0.5, 0.6) is 5.75 Å². The van der Waals surface area contributed by atoms with E-state index in [9.17, 15) is 14.7 Å². The number of anilines is 1. The van der Waals surface area contributed by atoms with Crippen LogP contribution in [0.4, 0.5) is 10.5 Å². The van der Waals surface area contributed by atoms with E-state index in [0.29, 0.717) is 11.3 Å². The number of carbonyl (C=O) groups is 2. The standard InChI is InChI=1S/C20H22INO6S/c1-26-17(9-10-27-18(24)12-29)19(15-11-13(21)7-8-16(15)23)28-20(25)22-14-5-3-2-4-6-14/h2-8,11,17,19,23,29H,9-10,12H2,1H3,(H,22,25)/t17-,19-/m0/s1. The van der Waals surface area contributed by atoms with E-state index in [1.165, 1.54) is 13.2 Å². The van der Waals surface area contributed by atoms with Gasteiger partial charge in [0.1, 0.15) is 11.9 Å². The van der Waals surface area contributed by atoms with Crippen LogP contribution in [0.1, 0.15) is 18.1 Å². The average Bonchev–Trinajstić information content (AvgIpc) is 2.72. The number of phenols is 1. The lowest BCUT2D eigenvalue weighted by molar-refractivity contribution is -0.141. The molecule has 2 aromatic rings. The van der Waals surface area contributed by atoms with Crippen molar-refractivity contribution in [2.24, 2.45) is 0 Å². The number of hydrogen-bond donors (Lipinski definition) is 3. The molecule has 0 radical (unpaired) electrons. The molecule has 0 aliphatic carbocycles. The topological polar surface area (TPSA) is 94.1 Å². The van der Waals surface area contributed by atoms with Gasteiger partial charge in [0.2, 0.25) is 0 Å². The molecule has 0 saturated heterocycles. The van der Waals surface area contributed by atoms with Crippen molar-refractivity contribution in [3.8, 4) is 5.75 Å². The van der Waals surface area contributed by atoms with Gasteiger partial charge in [0.05, 0.1) is 12.4 Å². The molecule has 29 heavy (non-hydrogen) atoms. The number of methoxy groups -OCH3 is 1. The molecular weight excluding hydrogens is 509 g/mol. The average molecular weight is 531 g/mol. The highest BCUT2D eigenvalue weighted by Crippen LogP contribution is 2.33. The number of hydrogen-bond acceptors (Lipinski definition) is 7. The third-order valence-corrected chi connectivity index (χ3v) is 4.91. The van der Waals surface area contributed by atoms with Crippen molar-refractivity contribution in [3.63, 3.8) is 0 Å². The Balaban J connectivity index is 2.20. The van der Waals surface area contributed by atoms with Crippen molar-refractivity contribution in [3.05, 3.63) is 57.7 Å². The largest absolute Gasteiger partial charge is 0.508 e. The Hall–Kier alpha value is -1.98. The van der Waals surface area contributed by atoms with Crippen LogP contribution in [0.15, 0.2) is 48.5 Å². The van der Waals surface area contributed by atoms with Crippen LogP contribution in [0.2, 0.25) is 0 Å². The van der Waals surface area contributed by atoms with E-state index in [-0.39, 0.29) is 24.5 Å². The maximum atomic E-state index is 12.5. The smallest absolute Gasteiger partial charge is 0.412 e. The number of aromatic hydroxyl groups is 1. The Bertz CT molecular complexity index is 820. The molecule has 0 aromatic heterocycles. The van der Waals surface area contributed by atoms with Crippen LogP contribution < -0.4 is 5.32 Å². The van der Waals surface area contributed by atoms with Gasteiger partial charge in [-0.3, -0.25) is 10.1 Å². The number of rotatable bonds is 9. The van der Waals surface area contributed by atoms with E-state index in [0.717, 1.165) is 3.57 Å². The zero-order valence-corrected chi connectivity index (χ0v) is 18.8. The van der Waals surface area contributed by atoms with Crippen molar-refractivity contribution >= 4 is 53.0 Å². The maximum Gasteiger partial charge on any atom is 0.412 e. The van der Waals surface area contributed by atoms with E-state index in [4.69, 9.17) is 14.2 Å². The molecular formula is C20H22INO6S. The van der Waals surface area contributed by atoms with Crippen molar-refractivity contribution < 1.29 is 28.9 Å². The van der Waals surface area contributed by atoms with Gasteiger partial charge in [-0.1, -0.05) is 18.2 Å². The summed E-state index contributed by atoms with van der Waals surface area (Å²) in [6, 6.07) is 13.8. The summed E-state index contributed by atoms with van der Waals surface area (Å²) >= 11 is 5.96. The zero-order chi connectivity index (χ0) is 21.2. The summed E-state index contributed by atoms with van der Waals surface area (Å²) in [5.41, 5.74) is 0.965. The lowest BCUT2D eigenvalue weighted by Crippen LogP contribution is -2.29. The molecule has 0 aliphatic rings. The number of para-hydroxylation sites is 1. The minimum Gasteiger partial charge on any atom is -0.508 e. The van der Waals surface area contributed by atoms with E-state index in [1.807, 2.05) is 6.07 Å². The lowest BCUT2D eigenvalue weighted by Gasteiger charge is -2.27. The molecule has 156 valence electrons. The Morgan fingerprint density at radius 3 is 2.59 bits per heavy atom. The lowest BCUT2D eigenvalue weighted by atomic mass is 10.0. The molecule has 2 rings (SSSR count). The zero-order valence-electron chi connectivity index (χ0n) is 15.7. The van der Waals surface area contributed by atoms with Gasteiger partial charge >= 0.3 is 12.1 Å². The Morgan fingerprint density at radius 2 is 1.93 bits per heavy atom. The van der Waals surface area contributed by atoms with Crippen LogP contribution in [0.25, 0.3) is 0 Å². The van der Waals surface area contributed by atoms with Crippen LogP contribution in [-0.4, -0.2) is 42.7 Å². The minimum absolute atomic E-state index is 0.0302. The van der Waals surface area contributed by atoms with Crippen LogP contribution in [-0.2, 0) is 19.0 Å². The maximum absolute atomic E-state index is 12.5. The summed E-state index contributed by atoms with van der Waals surface area (Å²) < 4.78 is 17.0. The Morgan fingerprint density at radius 1 is 1.21 bits per heavy atom. The second kappa shape index (κ2) is 11.9.